The molecule has 0 aliphatic carbocycles. The van der Waals surface area contributed by atoms with Gasteiger partial charge in [-0.2, -0.15) is 9.49 Å². The molecule has 3 rings (SSSR count). The van der Waals surface area contributed by atoms with Crippen molar-refractivity contribution in [3.8, 4) is 11.3 Å². The fraction of sp³-hybridized carbons (Fsp3) is 0.0625. The molecule has 3 aromatic heterocycles. The average molecular weight is 324 g/mol. The molecule has 7 nitrogen and oxygen atoms in total. The summed E-state index contributed by atoms with van der Waals surface area (Å²) in [6.45, 7) is 1.85. The zero-order chi connectivity index (χ0) is 16.9. The zero-order valence-electron chi connectivity index (χ0n) is 12.7. The number of hydrogen-bond donors (Lipinski definition) is 2. The van der Waals surface area contributed by atoms with Crippen LogP contribution in [0.5, 0.6) is 0 Å². The van der Waals surface area contributed by atoms with Gasteiger partial charge in [0.05, 0.1) is 5.69 Å². The molecule has 0 aromatic carbocycles. The van der Waals surface area contributed by atoms with Crippen LogP contribution in [0.2, 0.25) is 0 Å². The van der Waals surface area contributed by atoms with Gasteiger partial charge in [0.25, 0.3) is 0 Å². The molecule has 0 aliphatic heterocycles. The lowest BCUT2D eigenvalue weighted by molar-refractivity contribution is -0.111. The molecule has 0 saturated carbocycles. The first-order valence-corrected chi connectivity index (χ1v) is 7.05. The van der Waals surface area contributed by atoms with E-state index in [4.69, 9.17) is 0 Å². The van der Waals surface area contributed by atoms with E-state index >= 15 is 0 Å². The highest BCUT2D eigenvalue weighted by Gasteiger charge is 2.12. The lowest BCUT2D eigenvalue weighted by Gasteiger charge is -2.01. The van der Waals surface area contributed by atoms with Gasteiger partial charge in [0.15, 0.2) is 0 Å². The lowest BCUT2D eigenvalue weighted by Crippen LogP contribution is -2.09. The Morgan fingerprint density at radius 3 is 2.67 bits per heavy atom. The van der Waals surface area contributed by atoms with Crippen LogP contribution in [0.1, 0.15) is 11.1 Å². The summed E-state index contributed by atoms with van der Waals surface area (Å²) in [6.07, 6.45) is 7.91. The van der Waals surface area contributed by atoms with Crippen molar-refractivity contribution in [1.29, 1.82) is 0 Å². The maximum absolute atomic E-state index is 12.6. The number of anilines is 1. The first-order valence-electron chi connectivity index (χ1n) is 7.05. The van der Waals surface area contributed by atoms with Crippen molar-refractivity contribution in [2.45, 2.75) is 6.92 Å². The lowest BCUT2D eigenvalue weighted by atomic mass is 10.1. The number of rotatable bonds is 4. The standard InChI is InChI=1S/C16H13FN6O/c1-10-14(12-4-6-18-7-5-12)22-23-15(10)21-13(24)3-2-11-8-19-16(17)20-9-11/h2-9H,1H3,(H2,21,22,23,24). The van der Waals surface area contributed by atoms with Crippen LogP contribution in [-0.2, 0) is 4.79 Å². The Balaban J connectivity index is 1.71. The normalized spacial score (nSPS) is 10.9. The van der Waals surface area contributed by atoms with Crippen molar-refractivity contribution in [1.82, 2.24) is 25.1 Å². The van der Waals surface area contributed by atoms with Gasteiger partial charge in [-0.3, -0.25) is 14.9 Å². The van der Waals surface area contributed by atoms with E-state index in [0.717, 1.165) is 16.8 Å². The Hall–Kier alpha value is -3.42. The molecule has 8 heteroatoms. The third-order valence-electron chi connectivity index (χ3n) is 3.28. The highest BCUT2D eigenvalue weighted by molar-refractivity contribution is 6.02. The van der Waals surface area contributed by atoms with Crippen LogP contribution in [0.3, 0.4) is 0 Å². The largest absolute Gasteiger partial charge is 0.308 e. The third-order valence-corrected chi connectivity index (χ3v) is 3.28. The fourth-order valence-corrected chi connectivity index (χ4v) is 2.06. The molecule has 0 fully saturated rings. The number of carbonyl (C=O) groups excluding carboxylic acids is 1. The predicted molar refractivity (Wildman–Crippen MR) is 86.2 cm³/mol. The Labute approximate surface area is 136 Å². The summed E-state index contributed by atoms with van der Waals surface area (Å²) in [4.78, 5) is 22.8. The maximum atomic E-state index is 12.6. The Kier molecular flexibility index (Phi) is 4.37. The minimum Gasteiger partial charge on any atom is -0.307 e. The van der Waals surface area contributed by atoms with E-state index < -0.39 is 6.08 Å². The highest BCUT2D eigenvalue weighted by Crippen LogP contribution is 2.25. The smallest absolute Gasteiger partial charge is 0.307 e. The van der Waals surface area contributed by atoms with Crippen LogP contribution in [-0.4, -0.2) is 31.1 Å². The minimum absolute atomic E-state index is 0.354. The van der Waals surface area contributed by atoms with Crippen LogP contribution in [0.4, 0.5) is 10.2 Å². The number of aromatic amines is 1. The number of halogens is 1. The average Bonchev–Trinajstić information content (AvgIpc) is 2.96. The van der Waals surface area contributed by atoms with Crippen molar-refractivity contribution in [2.75, 3.05) is 5.32 Å². The van der Waals surface area contributed by atoms with Crippen molar-refractivity contribution in [3.05, 3.63) is 60.2 Å². The molecule has 0 unspecified atom stereocenters. The van der Waals surface area contributed by atoms with Gasteiger partial charge in [0, 0.05) is 47.6 Å². The number of pyridine rings is 1. The number of carbonyl (C=O) groups is 1. The fourth-order valence-electron chi connectivity index (χ4n) is 2.06. The van der Waals surface area contributed by atoms with E-state index in [2.05, 4.69) is 30.5 Å². The number of nitrogens with one attached hydrogen (secondary N) is 2. The highest BCUT2D eigenvalue weighted by atomic mass is 19.1. The van der Waals surface area contributed by atoms with Gasteiger partial charge in [0.2, 0.25) is 5.91 Å². The summed E-state index contributed by atoms with van der Waals surface area (Å²) in [6, 6.07) is 3.67. The molecule has 2 N–H and O–H groups in total. The zero-order valence-corrected chi connectivity index (χ0v) is 12.7. The maximum Gasteiger partial charge on any atom is 0.308 e. The molecule has 3 heterocycles. The molecule has 0 aliphatic rings. The van der Waals surface area contributed by atoms with E-state index in [0.29, 0.717) is 11.4 Å². The summed E-state index contributed by atoms with van der Waals surface area (Å²) in [5.74, 6) is 0.152. The van der Waals surface area contributed by atoms with Crippen LogP contribution in [0, 0.1) is 13.0 Å². The van der Waals surface area contributed by atoms with E-state index in [9.17, 15) is 9.18 Å². The van der Waals surface area contributed by atoms with E-state index in [1.165, 1.54) is 24.5 Å². The topological polar surface area (TPSA) is 96.5 Å². The molecule has 0 bridgehead atoms. The second-order valence-electron chi connectivity index (χ2n) is 4.92. The van der Waals surface area contributed by atoms with Gasteiger partial charge >= 0.3 is 6.08 Å². The first-order chi connectivity index (χ1) is 11.6. The number of amides is 1. The van der Waals surface area contributed by atoms with Gasteiger partial charge < -0.3 is 5.32 Å². The molecule has 0 saturated heterocycles. The summed E-state index contributed by atoms with van der Waals surface area (Å²) < 4.78 is 12.6. The monoisotopic (exact) mass is 324 g/mol. The van der Waals surface area contributed by atoms with Gasteiger partial charge in [-0.05, 0) is 25.1 Å². The summed E-state index contributed by atoms with van der Waals surface area (Å²) in [5.41, 5.74) is 2.97. The molecule has 0 atom stereocenters. The molecule has 120 valence electrons. The molecule has 0 radical (unpaired) electrons. The minimum atomic E-state index is -0.812. The molecular weight excluding hydrogens is 311 g/mol. The van der Waals surface area contributed by atoms with Crippen molar-refractivity contribution in [3.63, 3.8) is 0 Å². The van der Waals surface area contributed by atoms with Gasteiger partial charge in [0.1, 0.15) is 5.82 Å². The SMILES string of the molecule is Cc1c(-c2ccncc2)n[nH]c1NC(=O)C=Cc1cnc(F)nc1. The number of H-pyrrole nitrogens is 1. The molecule has 24 heavy (non-hydrogen) atoms. The summed E-state index contributed by atoms with van der Waals surface area (Å²) in [7, 11) is 0. The van der Waals surface area contributed by atoms with Crippen LogP contribution < -0.4 is 5.32 Å². The van der Waals surface area contributed by atoms with E-state index in [1.54, 1.807) is 12.4 Å². The number of hydrogen-bond acceptors (Lipinski definition) is 5. The second kappa shape index (κ2) is 6.78. The summed E-state index contributed by atoms with van der Waals surface area (Å²) in [5, 5.41) is 9.72. The van der Waals surface area contributed by atoms with E-state index in [1.807, 2.05) is 19.1 Å². The number of nitrogens with zero attached hydrogens (tertiary/aromatic N) is 4. The number of aromatic nitrogens is 5. The quantitative estimate of drug-likeness (QED) is 0.567. The van der Waals surface area contributed by atoms with Crippen molar-refractivity contribution in [2.24, 2.45) is 0 Å². The Morgan fingerprint density at radius 2 is 1.96 bits per heavy atom. The van der Waals surface area contributed by atoms with Crippen LogP contribution in [0.15, 0.2) is 43.0 Å². The predicted octanol–water partition coefficient (Wildman–Crippen LogP) is 2.36. The molecule has 3 aromatic rings. The van der Waals surface area contributed by atoms with Crippen molar-refractivity contribution >= 4 is 17.8 Å². The van der Waals surface area contributed by atoms with Gasteiger partial charge in [-0.25, -0.2) is 9.97 Å². The third kappa shape index (κ3) is 3.49. The van der Waals surface area contributed by atoms with Crippen molar-refractivity contribution < 1.29 is 9.18 Å². The summed E-state index contributed by atoms with van der Waals surface area (Å²) >= 11 is 0. The molecule has 0 spiro atoms. The Bertz CT molecular complexity index is 873. The van der Waals surface area contributed by atoms with Gasteiger partial charge in [-0.15, -0.1) is 0 Å². The van der Waals surface area contributed by atoms with Crippen LogP contribution in [0.25, 0.3) is 17.3 Å². The van der Waals surface area contributed by atoms with Gasteiger partial charge in [-0.1, -0.05) is 0 Å². The first kappa shape index (κ1) is 15.5. The second-order valence-corrected chi connectivity index (χ2v) is 4.92. The Morgan fingerprint density at radius 1 is 1.25 bits per heavy atom. The molecule has 1 amide bonds. The van der Waals surface area contributed by atoms with Crippen LogP contribution >= 0.6 is 0 Å². The molecular formula is C16H13FN6O. The van der Waals surface area contributed by atoms with E-state index in [-0.39, 0.29) is 5.91 Å².